The summed E-state index contributed by atoms with van der Waals surface area (Å²) in [5, 5.41) is 11.5. The Labute approximate surface area is 105 Å². The smallest absolute Gasteiger partial charge is 0.258 e. The van der Waals surface area contributed by atoms with Crippen LogP contribution in [0.3, 0.4) is 0 Å². The van der Waals surface area contributed by atoms with E-state index in [1.165, 1.54) is 0 Å². The molecule has 0 bridgehead atoms. The number of ether oxygens (including phenoxy) is 2. The maximum atomic E-state index is 11.6. The van der Waals surface area contributed by atoms with Gasteiger partial charge in [0.05, 0.1) is 24.3 Å². The Hall–Kier alpha value is -2.06. The fourth-order valence-electron chi connectivity index (χ4n) is 1.69. The lowest BCUT2D eigenvalue weighted by atomic mass is 10.2. The van der Waals surface area contributed by atoms with Gasteiger partial charge in [-0.3, -0.25) is 4.79 Å². The Kier molecular flexibility index (Phi) is 4.15. The third-order valence-electron chi connectivity index (χ3n) is 2.65. The molecule has 94 valence electrons. The summed E-state index contributed by atoms with van der Waals surface area (Å²) in [6.45, 7) is 1.24. The summed E-state index contributed by atoms with van der Waals surface area (Å²) in [6.07, 6.45) is 0.850. The Morgan fingerprint density at radius 1 is 1.50 bits per heavy atom. The van der Waals surface area contributed by atoms with Crippen LogP contribution < -0.4 is 10.1 Å². The van der Waals surface area contributed by atoms with Crippen molar-refractivity contribution in [1.82, 2.24) is 5.32 Å². The molecule has 1 aromatic carbocycles. The van der Waals surface area contributed by atoms with Gasteiger partial charge in [0.15, 0.2) is 6.61 Å². The Morgan fingerprint density at radius 3 is 2.89 bits per heavy atom. The Morgan fingerprint density at radius 2 is 2.28 bits per heavy atom. The summed E-state index contributed by atoms with van der Waals surface area (Å²) in [5.41, 5.74) is 0.565. The number of carbonyl (C=O) groups excluding carboxylic acids is 1. The van der Waals surface area contributed by atoms with Gasteiger partial charge in [0.1, 0.15) is 5.75 Å². The van der Waals surface area contributed by atoms with Gasteiger partial charge in [-0.05, 0) is 30.7 Å². The molecule has 5 nitrogen and oxygen atoms in total. The fraction of sp³-hybridized carbons (Fsp3) is 0.385. The molecule has 1 fully saturated rings. The molecule has 1 saturated heterocycles. The first-order valence-corrected chi connectivity index (χ1v) is 5.78. The lowest BCUT2D eigenvalue weighted by molar-refractivity contribution is -0.123. The van der Waals surface area contributed by atoms with Crippen LogP contribution in [0.25, 0.3) is 0 Å². The monoisotopic (exact) mass is 246 g/mol. The summed E-state index contributed by atoms with van der Waals surface area (Å²) in [7, 11) is 0. The van der Waals surface area contributed by atoms with Crippen LogP contribution in [-0.4, -0.2) is 31.8 Å². The van der Waals surface area contributed by atoms with Gasteiger partial charge in [0, 0.05) is 6.61 Å². The zero-order valence-electron chi connectivity index (χ0n) is 9.89. The summed E-state index contributed by atoms with van der Waals surface area (Å²) in [4.78, 5) is 11.6. The summed E-state index contributed by atoms with van der Waals surface area (Å²) in [5.74, 6) is 0.418. The van der Waals surface area contributed by atoms with Crippen molar-refractivity contribution in [2.45, 2.75) is 12.5 Å². The van der Waals surface area contributed by atoms with Crippen molar-refractivity contribution in [3.8, 4) is 11.8 Å². The largest absolute Gasteiger partial charge is 0.484 e. The quantitative estimate of drug-likeness (QED) is 0.854. The van der Waals surface area contributed by atoms with Crippen molar-refractivity contribution in [2.24, 2.45) is 0 Å². The second-order valence-electron chi connectivity index (χ2n) is 4.05. The maximum Gasteiger partial charge on any atom is 0.258 e. The first kappa shape index (κ1) is 12.4. The number of carbonyl (C=O) groups is 1. The molecule has 0 aromatic heterocycles. The SMILES string of the molecule is N#Cc1ccc(OCC(=O)NC2CCOC2)cc1. The number of nitriles is 1. The van der Waals surface area contributed by atoms with Gasteiger partial charge in [-0.15, -0.1) is 0 Å². The number of nitrogens with one attached hydrogen (secondary N) is 1. The first-order valence-electron chi connectivity index (χ1n) is 5.78. The number of nitrogens with zero attached hydrogens (tertiary/aromatic N) is 1. The van der Waals surface area contributed by atoms with Crippen molar-refractivity contribution in [1.29, 1.82) is 5.26 Å². The van der Waals surface area contributed by atoms with E-state index in [0.29, 0.717) is 24.5 Å². The Balaban J connectivity index is 1.76. The molecule has 1 aliphatic heterocycles. The van der Waals surface area contributed by atoms with Gasteiger partial charge in [-0.1, -0.05) is 0 Å². The third-order valence-corrected chi connectivity index (χ3v) is 2.65. The molecule has 1 heterocycles. The number of amides is 1. The average Bonchev–Trinajstić information content (AvgIpc) is 2.90. The molecule has 0 saturated carbocycles. The van der Waals surface area contributed by atoms with Crippen LogP contribution in [-0.2, 0) is 9.53 Å². The van der Waals surface area contributed by atoms with Crippen molar-refractivity contribution in [2.75, 3.05) is 19.8 Å². The molecule has 1 aliphatic rings. The highest BCUT2D eigenvalue weighted by Gasteiger charge is 2.17. The van der Waals surface area contributed by atoms with E-state index in [-0.39, 0.29) is 18.6 Å². The summed E-state index contributed by atoms with van der Waals surface area (Å²) >= 11 is 0. The van der Waals surface area contributed by atoms with E-state index in [4.69, 9.17) is 14.7 Å². The number of hydrogen-bond donors (Lipinski definition) is 1. The van der Waals surface area contributed by atoms with Gasteiger partial charge in [0.25, 0.3) is 5.91 Å². The summed E-state index contributed by atoms with van der Waals surface area (Å²) < 4.78 is 10.5. The molecule has 2 rings (SSSR count). The molecule has 5 heteroatoms. The predicted octanol–water partition coefficient (Wildman–Crippen LogP) is 0.842. The molecule has 1 aromatic rings. The number of rotatable bonds is 4. The van der Waals surface area contributed by atoms with Gasteiger partial charge in [0.2, 0.25) is 0 Å². The van der Waals surface area contributed by atoms with E-state index in [0.717, 1.165) is 6.42 Å². The van der Waals surface area contributed by atoms with Crippen LogP contribution in [0.4, 0.5) is 0 Å². The van der Waals surface area contributed by atoms with Crippen LogP contribution in [0.1, 0.15) is 12.0 Å². The third kappa shape index (κ3) is 3.47. The topological polar surface area (TPSA) is 71.3 Å². The lowest BCUT2D eigenvalue weighted by Gasteiger charge is -2.11. The number of hydrogen-bond acceptors (Lipinski definition) is 4. The van der Waals surface area contributed by atoms with E-state index in [2.05, 4.69) is 5.32 Å². The van der Waals surface area contributed by atoms with Crippen LogP contribution in [0, 0.1) is 11.3 Å². The van der Waals surface area contributed by atoms with Crippen molar-refractivity contribution in [3.05, 3.63) is 29.8 Å². The Bertz CT molecular complexity index is 444. The molecule has 1 unspecified atom stereocenters. The van der Waals surface area contributed by atoms with E-state index in [9.17, 15) is 4.79 Å². The average molecular weight is 246 g/mol. The minimum Gasteiger partial charge on any atom is -0.484 e. The fourth-order valence-corrected chi connectivity index (χ4v) is 1.69. The van der Waals surface area contributed by atoms with Crippen molar-refractivity contribution in [3.63, 3.8) is 0 Å². The molecule has 1 N–H and O–H groups in total. The van der Waals surface area contributed by atoms with E-state index >= 15 is 0 Å². The normalized spacial score (nSPS) is 18.1. The molecule has 1 atom stereocenters. The molecular formula is C13H14N2O3. The van der Waals surface area contributed by atoms with Crippen molar-refractivity contribution < 1.29 is 14.3 Å². The molecule has 18 heavy (non-hydrogen) atoms. The minimum atomic E-state index is -0.158. The second-order valence-corrected chi connectivity index (χ2v) is 4.05. The first-order chi connectivity index (χ1) is 8.78. The molecule has 0 radical (unpaired) electrons. The molecule has 0 aliphatic carbocycles. The van der Waals surface area contributed by atoms with E-state index in [1.54, 1.807) is 24.3 Å². The van der Waals surface area contributed by atoms with E-state index < -0.39 is 0 Å². The van der Waals surface area contributed by atoms with Crippen LogP contribution >= 0.6 is 0 Å². The molecular weight excluding hydrogens is 232 g/mol. The second kappa shape index (κ2) is 6.03. The van der Waals surface area contributed by atoms with Crippen LogP contribution in [0.2, 0.25) is 0 Å². The summed E-state index contributed by atoms with van der Waals surface area (Å²) in [6, 6.07) is 8.76. The van der Waals surface area contributed by atoms with E-state index in [1.807, 2.05) is 6.07 Å². The van der Waals surface area contributed by atoms with Gasteiger partial charge in [-0.25, -0.2) is 0 Å². The standard InChI is InChI=1S/C13H14N2O3/c14-7-10-1-3-12(4-2-10)18-9-13(16)15-11-5-6-17-8-11/h1-4,11H,5-6,8-9H2,(H,15,16). The van der Waals surface area contributed by atoms with Crippen LogP contribution in [0.5, 0.6) is 5.75 Å². The van der Waals surface area contributed by atoms with Crippen LogP contribution in [0.15, 0.2) is 24.3 Å². The molecule has 0 spiro atoms. The predicted molar refractivity (Wildman–Crippen MR) is 64.0 cm³/mol. The van der Waals surface area contributed by atoms with Gasteiger partial charge >= 0.3 is 0 Å². The number of benzene rings is 1. The zero-order valence-corrected chi connectivity index (χ0v) is 9.89. The lowest BCUT2D eigenvalue weighted by Crippen LogP contribution is -2.38. The highest BCUT2D eigenvalue weighted by molar-refractivity contribution is 5.77. The minimum absolute atomic E-state index is 0.0254. The van der Waals surface area contributed by atoms with Crippen molar-refractivity contribution >= 4 is 5.91 Å². The zero-order chi connectivity index (χ0) is 12.8. The van der Waals surface area contributed by atoms with Gasteiger partial charge < -0.3 is 14.8 Å². The highest BCUT2D eigenvalue weighted by atomic mass is 16.5. The maximum absolute atomic E-state index is 11.6. The van der Waals surface area contributed by atoms with Gasteiger partial charge in [-0.2, -0.15) is 5.26 Å². The molecule has 1 amide bonds. The highest BCUT2D eigenvalue weighted by Crippen LogP contribution is 2.11.